The van der Waals surface area contributed by atoms with E-state index >= 15 is 0 Å². The molecule has 0 bridgehead atoms. The number of pyridine rings is 1. The van der Waals surface area contributed by atoms with Crippen LogP contribution >= 0.6 is 0 Å². The molecular formula is C20H14F6N4O3. The second-order valence-electron chi connectivity index (χ2n) is 6.65. The third-order valence-electron chi connectivity index (χ3n) is 4.42. The minimum absolute atomic E-state index is 0.0567. The minimum Gasteiger partial charge on any atom is -0.362 e. The lowest BCUT2D eigenvalue weighted by Crippen LogP contribution is -2.48. The molecule has 0 spiro atoms. The monoisotopic (exact) mass is 472 g/mol. The summed E-state index contributed by atoms with van der Waals surface area (Å²) in [6.07, 6.45) is -8.66. The van der Waals surface area contributed by atoms with E-state index in [4.69, 9.17) is 5.11 Å². The summed E-state index contributed by atoms with van der Waals surface area (Å²) in [5, 5.41) is 14.4. The highest BCUT2D eigenvalue weighted by atomic mass is 19.4. The lowest BCUT2D eigenvalue weighted by molar-refractivity contribution is -0.137. The average molecular weight is 472 g/mol. The van der Waals surface area contributed by atoms with Crippen LogP contribution in [0.25, 0.3) is 16.9 Å². The number of aliphatic hydroxyl groups is 1. The van der Waals surface area contributed by atoms with E-state index in [0.29, 0.717) is 4.68 Å². The number of nitrogens with one attached hydrogen (secondary N) is 1. The molecule has 0 aliphatic rings. The van der Waals surface area contributed by atoms with Gasteiger partial charge in [-0.05, 0) is 30.3 Å². The normalized spacial score (nSPS) is 13.6. The lowest BCUT2D eigenvalue weighted by Gasteiger charge is -2.18. The van der Waals surface area contributed by atoms with E-state index < -0.39 is 47.6 Å². The number of aliphatic hydroxyl groups excluding tert-OH is 1. The molecule has 0 aliphatic carbocycles. The van der Waals surface area contributed by atoms with E-state index in [1.54, 1.807) is 0 Å². The molecule has 33 heavy (non-hydrogen) atoms. The fourth-order valence-corrected chi connectivity index (χ4v) is 2.76. The maximum Gasteiger partial charge on any atom is 0.416 e. The first-order valence-corrected chi connectivity index (χ1v) is 9.12. The second kappa shape index (κ2) is 9.40. The highest BCUT2D eigenvalue weighted by Crippen LogP contribution is 2.30. The van der Waals surface area contributed by atoms with Gasteiger partial charge in [0.05, 0.1) is 23.1 Å². The van der Waals surface area contributed by atoms with Crippen molar-refractivity contribution in [2.45, 2.75) is 25.0 Å². The Labute approximate surface area is 181 Å². The summed E-state index contributed by atoms with van der Waals surface area (Å²) in [5.41, 5.74) is -2.87. The minimum atomic E-state index is -4.61. The van der Waals surface area contributed by atoms with Crippen molar-refractivity contribution in [2.24, 2.45) is 0 Å². The van der Waals surface area contributed by atoms with Gasteiger partial charge in [-0.3, -0.25) is 14.6 Å². The summed E-state index contributed by atoms with van der Waals surface area (Å²) in [4.78, 5) is 29.1. The largest absolute Gasteiger partial charge is 0.416 e. The van der Waals surface area contributed by atoms with Crippen LogP contribution in [-0.2, 0) is 6.18 Å². The van der Waals surface area contributed by atoms with E-state index in [2.05, 4.69) is 10.1 Å². The molecule has 13 heteroatoms. The molecule has 2 N–H and O–H groups in total. The maximum absolute atomic E-state index is 13.1. The molecule has 3 rings (SSSR count). The topological polar surface area (TPSA) is 97.1 Å². The Morgan fingerprint density at radius 2 is 1.76 bits per heavy atom. The van der Waals surface area contributed by atoms with Crippen LogP contribution in [0.2, 0.25) is 0 Å². The van der Waals surface area contributed by atoms with Crippen molar-refractivity contribution in [3.05, 3.63) is 76.3 Å². The standard InChI is InChI=1S/C20H14F6N4O3/c21-16(22)15(17(23)31)28-18(32)13-8-14(10-3-5-11(6-4-10)20(24,25)26)29-30(19(13)33)12-2-1-7-27-9-12/h1-9,15-17,31H,(H,28,32). The number of amides is 1. The van der Waals surface area contributed by atoms with Crippen LogP contribution in [0.5, 0.6) is 0 Å². The van der Waals surface area contributed by atoms with Gasteiger partial charge in [0.15, 0.2) is 0 Å². The fourth-order valence-electron chi connectivity index (χ4n) is 2.76. The van der Waals surface area contributed by atoms with Gasteiger partial charge in [-0.2, -0.15) is 23.0 Å². The van der Waals surface area contributed by atoms with Crippen molar-refractivity contribution in [2.75, 3.05) is 0 Å². The molecule has 0 radical (unpaired) electrons. The van der Waals surface area contributed by atoms with Crippen LogP contribution in [0.1, 0.15) is 15.9 Å². The Balaban J connectivity index is 2.13. The maximum atomic E-state index is 13.1. The van der Waals surface area contributed by atoms with Gasteiger partial charge >= 0.3 is 6.18 Å². The third-order valence-corrected chi connectivity index (χ3v) is 4.42. The van der Waals surface area contributed by atoms with Gasteiger partial charge in [0.1, 0.15) is 11.6 Å². The second-order valence-corrected chi connectivity index (χ2v) is 6.65. The van der Waals surface area contributed by atoms with Crippen LogP contribution in [0.15, 0.2) is 59.7 Å². The van der Waals surface area contributed by atoms with Gasteiger partial charge in [0.2, 0.25) is 6.36 Å². The summed E-state index contributed by atoms with van der Waals surface area (Å²) in [6, 6.07) is 4.64. The summed E-state index contributed by atoms with van der Waals surface area (Å²) in [5.74, 6) is -1.45. The van der Waals surface area contributed by atoms with E-state index in [9.17, 15) is 35.9 Å². The Bertz CT molecular complexity index is 1170. The van der Waals surface area contributed by atoms with Gasteiger partial charge in [-0.25, -0.2) is 13.2 Å². The molecule has 2 aromatic heterocycles. The zero-order valence-corrected chi connectivity index (χ0v) is 16.3. The number of hydrogen-bond acceptors (Lipinski definition) is 5. The smallest absolute Gasteiger partial charge is 0.362 e. The number of rotatable bonds is 6. The molecule has 1 amide bonds. The fraction of sp³-hybridized carbons (Fsp3) is 0.200. The average Bonchev–Trinajstić information content (AvgIpc) is 2.77. The number of alkyl halides is 6. The molecule has 174 valence electrons. The highest BCUT2D eigenvalue weighted by Gasteiger charge is 2.32. The quantitative estimate of drug-likeness (QED) is 0.538. The Morgan fingerprint density at radius 3 is 2.27 bits per heavy atom. The SMILES string of the molecule is O=C(NC(C(O)F)C(F)F)c1cc(-c2ccc(C(F)(F)F)cc2)nn(-c2cccnc2)c1=O. The predicted octanol–water partition coefficient (Wildman–Crippen LogP) is 2.96. The molecule has 0 saturated heterocycles. The lowest BCUT2D eigenvalue weighted by atomic mass is 10.1. The van der Waals surface area contributed by atoms with Gasteiger partial charge in [-0.1, -0.05) is 12.1 Å². The van der Waals surface area contributed by atoms with Crippen molar-refractivity contribution in [1.29, 1.82) is 0 Å². The Hall–Kier alpha value is -3.74. The van der Waals surface area contributed by atoms with Crippen LogP contribution in [-0.4, -0.2) is 44.6 Å². The van der Waals surface area contributed by atoms with Crippen LogP contribution < -0.4 is 10.9 Å². The number of carbonyl (C=O) groups is 1. The number of nitrogens with zero attached hydrogens (tertiary/aromatic N) is 3. The van der Waals surface area contributed by atoms with Crippen molar-refractivity contribution < 1.29 is 36.2 Å². The van der Waals surface area contributed by atoms with Crippen LogP contribution in [0, 0.1) is 0 Å². The number of carbonyl (C=O) groups excluding carboxylic acids is 1. The number of halogens is 6. The van der Waals surface area contributed by atoms with Gasteiger partial charge in [0.25, 0.3) is 17.9 Å². The molecule has 0 saturated carbocycles. The van der Waals surface area contributed by atoms with E-state index in [1.165, 1.54) is 29.8 Å². The number of hydrogen-bond donors (Lipinski definition) is 2. The molecule has 7 nitrogen and oxygen atoms in total. The van der Waals surface area contributed by atoms with Gasteiger partial charge < -0.3 is 10.4 Å². The van der Waals surface area contributed by atoms with Crippen molar-refractivity contribution in [3.63, 3.8) is 0 Å². The highest BCUT2D eigenvalue weighted by molar-refractivity contribution is 5.95. The molecule has 3 aromatic rings. The Morgan fingerprint density at radius 1 is 1.09 bits per heavy atom. The molecule has 0 fully saturated rings. The van der Waals surface area contributed by atoms with Crippen LogP contribution in [0.4, 0.5) is 26.3 Å². The van der Waals surface area contributed by atoms with Gasteiger partial charge in [0, 0.05) is 11.8 Å². The van der Waals surface area contributed by atoms with E-state index in [-0.39, 0.29) is 16.9 Å². The third kappa shape index (κ3) is 5.37. The van der Waals surface area contributed by atoms with Crippen molar-refractivity contribution in [1.82, 2.24) is 20.1 Å². The summed E-state index contributed by atoms with van der Waals surface area (Å²) >= 11 is 0. The van der Waals surface area contributed by atoms with Crippen molar-refractivity contribution >= 4 is 5.91 Å². The number of aromatic nitrogens is 3. The molecule has 1 aromatic carbocycles. The summed E-state index contributed by atoms with van der Waals surface area (Å²) in [6.45, 7) is 0. The molecule has 2 atom stereocenters. The first-order valence-electron chi connectivity index (χ1n) is 9.12. The molecular weight excluding hydrogens is 458 g/mol. The van der Waals surface area contributed by atoms with E-state index in [0.717, 1.165) is 30.3 Å². The predicted molar refractivity (Wildman–Crippen MR) is 102 cm³/mol. The van der Waals surface area contributed by atoms with E-state index in [1.807, 2.05) is 0 Å². The summed E-state index contributed by atoms with van der Waals surface area (Å²) in [7, 11) is 0. The zero-order chi connectivity index (χ0) is 24.3. The first-order chi connectivity index (χ1) is 15.5. The van der Waals surface area contributed by atoms with Gasteiger partial charge in [-0.15, -0.1) is 0 Å². The number of benzene rings is 1. The zero-order valence-electron chi connectivity index (χ0n) is 16.3. The Kier molecular flexibility index (Phi) is 6.81. The molecule has 2 heterocycles. The molecule has 0 aliphatic heterocycles. The van der Waals surface area contributed by atoms with Crippen LogP contribution in [0.3, 0.4) is 0 Å². The molecule has 2 unspecified atom stereocenters. The summed E-state index contributed by atoms with van der Waals surface area (Å²) < 4.78 is 78.2. The van der Waals surface area contributed by atoms with Crippen molar-refractivity contribution in [3.8, 4) is 16.9 Å². The first kappa shape index (κ1) is 23.9.